The van der Waals surface area contributed by atoms with Gasteiger partial charge in [-0.05, 0) is 31.5 Å². The third-order valence-electron chi connectivity index (χ3n) is 4.17. The molecule has 0 amide bonds. The van der Waals surface area contributed by atoms with E-state index in [1.165, 1.54) is 18.5 Å². The fourth-order valence-electron chi connectivity index (χ4n) is 2.84. The van der Waals surface area contributed by atoms with Crippen LogP contribution in [0.2, 0.25) is 0 Å². The number of halogens is 2. The second kappa shape index (κ2) is 5.22. The molecule has 0 atom stereocenters. The third kappa shape index (κ3) is 2.30. The van der Waals surface area contributed by atoms with Crippen LogP contribution in [0.25, 0.3) is 22.3 Å². The van der Waals surface area contributed by atoms with Crippen molar-refractivity contribution in [3.05, 3.63) is 47.9 Å². The van der Waals surface area contributed by atoms with E-state index in [9.17, 15) is 8.78 Å². The zero-order valence-electron chi connectivity index (χ0n) is 12.6. The summed E-state index contributed by atoms with van der Waals surface area (Å²) in [5.74, 6) is -1.25. The molecular weight excluding hydrogens is 298 g/mol. The summed E-state index contributed by atoms with van der Waals surface area (Å²) in [6, 6.07) is 5.44. The molecule has 4 nitrogen and oxygen atoms in total. The van der Waals surface area contributed by atoms with E-state index in [1.807, 2.05) is 13.0 Å². The van der Waals surface area contributed by atoms with Crippen molar-refractivity contribution < 1.29 is 8.78 Å². The Hall–Kier alpha value is -2.63. The molecule has 1 saturated heterocycles. The number of rotatable bonds is 2. The lowest BCUT2D eigenvalue weighted by Crippen LogP contribution is -2.37. The zero-order valence-corrected chi connectivity index (χ0v) is 12.6. The predicted molar refractivity (Wildman–Crippen MR) is 84.3 cm³/mol. The zero-order chi connectivity index (χ0) is 16.0. The highest BCUT2D eigenvalue weighted by Crippen LogP contribution is 2.32. The molecule has 116 valence electrons. The highest BCUT2D eigenvalue weighted by molar-refractivity contribution is 5.92. The molecule has 3 heterocycles. The molecule has 1 fully saturated rings. The summed E-state index contributed by atoms with van der Waals surface area (Å²) in [5.41, 5.74) is 3.10. The molecule has 0 saturated carbocycles. The van der Waals surface area contributed by atoms with E-state index in [-0.39, 0.29) is 5.56 Å². The van der Waals surface area contributed by atoms with Crippen molar-refractivity contribution in [1.29, 1.82) is 0 Å². The minimum absolute atomic E-state index is 0.249. The van der Waals surface area contributed by atoms with Crippen molar-refractivity contribution in [1.82, 2.24) is 15.0 Å². The second-order valence-corrected chi connectivity index (χ2v) is 5.65. The standard InChI is InChI=1S/C17H14F2N4/c1-10-15(23-5-2-6-23)8-13-16(20-9-21-17(13)22-10)12-4-3-11(18)7-14(12)19/h3-4,7-9H,2,5-6H2,1H3. The summed E-state index contributed by atoms with van der Waals surface area (Å²) in [4.78, 5) is 15.1. The van der Waals surface area contributed by atoms with Crippen LogP contribution in [-0.2, 0) is 0 Å². The van der Waals surface area contributed by atoms with Gasteiger partial charge in [0.15, 0.2) is 5.65 Å². The average Bonchev–Trinajstić information content (AvgIpc) is 2.46. The molecule has 4 rings (SSSR count). The van der Waals surface area contributed by atoms with Crippen molar-refractivity contribution in [3.8, 4) is 11.3 Å². The normalized spacial score (nSPS) is 14.1. The van der Waals surface area contributed by atoms with Crippen molar-refractivity contribution in [2.45, 2.75) is 13.3 Å². The SMILES string of the molecule is Cc1nc2ncnc(-c3ccc(F)cc3F)c2cc1N1CCC1. The molecule has 6 heteroatoms. The Morgan fingerprint density at radius 2 is 1.91 bits per heavy atom. The van der Waals surface area contributed by atoms with Gasteiger partial charge >= 0.3 is 0 Å². The fraction of sp³-hybridized carbons (Fsp3) is 0.235. The van der Waals surface area contributed by atoms with E-state index < -0.39 is 11.6 Å². The van der Waals surface area contributed by atoms with Crippen molar-refractivity contribution in [2.75, 3.05) is 18.0 Å². The van der Waals surface area contributed by atoms with Gasteiger partial charge in [0.25, 0.3) is 0 Å². The van der Waals surface area contributed by atoms with E-state index in [0.29, 0.717) is 16.7 Å². The van der Waals surface area contributed by atoms with Gasteiger partial charge in [0.1, 0.15) is 18.0 Å². The summed E-state index contributed by atoms with van der Waals surface area (Å²) < 4.78 is 27.3. The van der Waals surface area contributed by atoms with Gasteiger partial charge < -0.3 is 4.90 Å². The Balaban J connectivity index is 1.95. The van der Waals surface area contributed by atoms with Gasteiger partial charge in [0.05, 0.1) is 17.1 Å². The van der Waals surface area contributed by atoms with Crippen LogP contribution in [0.1, 0.15) is 12.1 Å². The van der Waals surface area contributed by atoms with E-state index >= 15 is 0 Å². The summed E-state index contributed by atoms with van der Waals surface area (Å²) in [6.45, 7) is 3.91. The molecule has 0 N–H and O–H groups in total. The third-order valence-corrected chi connectivity index (χ3v) is 4.17. The number of aromatic nitrogens is 3. The molecule has 23 heavy (non-hydrogen) atoms. The number of hydrogen-bond donors (Lipinski definition) is 0. The van der Waals surface area contributed by atoms with E-state index in [4.69, 9.17) is 0 Å². The fourth-order valence-corrected chi connectivity index (χ4v) is 2.84. The number of anilines is 1. The largest absolute Gasteiger partial charge is 0.370 e. The van der Waals surface area contributed by atoms with Gasteiger partial charge in [0.2, 0.25) is 0 Å². The molecule has 0 spiro atoms. The highest BCUT2D eigenvalue weighted by atomic mass is 19.1. The first-order chi connectivity index (χ1) is 11.1. The Labute approximate surface area is 131 Å². The van der Waals surface area contributed by atoms with Gasteiger partial charge in [-0.2, -0.15) is 0 Å². The molecule has 0 radical (unpaired) electrons. The van der Waals surface area contributed by atoms with Gasteiger partial charge in [-0.25, -0.2) is 23.7 Å². The maximum absolute atomic E-state index is 14.1. The lowest BCUT2D eigenvalue weighted by Gasteiger charge is -2.34. The first kappa shape index (κ1) is 14.0. The molecule has 2 aromatic heterocycles. The number of pyridine rings is 1. The summed E-state index contributed by atoms with van der Waals surface area (Å²) in [5, 5.41) is 0.672. The number of aryl methyl sites for hydroxylation is 1. The summed E-state index contributed by atoms with van der Waals surface area (Å²) in [7, 11) is 0. The maximum Gasteiger partial charge on any atom is 0.163 e. The Bertz CT molecular complexity index is 906. The Kier molecular flexibility index (Phi) is 3.18. The predicted octanol–water partition coefficient (Wildman–Crippen LogP) is 3.49. The minimum Gasteiger partial charge on any atom is -0.370 e. The van der Waals surface area contributed by atoms with Crippen LogP contribution in [0.5, 0.6) is 0 Å². The van der Waals surface area contributed by atoms with E-state index in [0.717, 1.165) is 37.0 Å². The van der Waals surface area contributed by atoms with Gasteiger partial charge in [-0.15, -0.1) is 0 Å². The van der Waals surface area contributed by atoms with Crippen LogP contribution < -0.4 is 4.90 Å². The minimum atomic E-state index is -0.643. The monoisotopic (exact) mass is 312 g/mol. The highest BCUT2D eigenvalue weighted by Gasteiger charge is 2.20. The molecule has 1 aromatic carbocycles. The number of hydrogen-bond acceptors (Lipinski definition) is 4. The van der Waals surface area contributed by atoms with Crippen molar-refractivity contribution in [2.24, 2.45) is 0 Å². The number of fused-ring (bicyclic) bond motifs is 1. The molecule has 1 aliphatic heterocycles. The summed E-state index contributed by atoms with van der Waals surface area (Å²) in [6.07, 6.45) is 2.51. The topological polar surface area (TPSA) is 41.9 Å². The molecule has 0 bridgehead atoms. The molecule has 3 aromatic rings. The first-order valence-corrected chi connectivity index (χ1v) is 7.46. The average molecular weight is 312 g/mol. The van der Waals surface area contributed by atoms with Gasteiger partial charge in [-0.1, -0.05) is 0 Å². The van der Waals surface area contributed by atoms with Crippen molar-refractivity contribution in [3.63, 3.8) is 0 Å². The second-order valence-electron chi connectivity index (χ2n) is 5.65. The number of benzene rings is 1. The lowest BCUT2D eigenvalue weighted by atomic mass is 10.1. The quantitative estimate of drug-likeness (QED) is 0.726. The van der Waals surface area contributed by atoms with Gasteiger partial charge in [-0.3, -0.25) is 0 Å². The van der Waals surface area contributed by atoms with Crippen LogP contribution in [0.15, 0.2) is 30.6 Å². The van der Waals surface area contributed by atoms with Crippen LogP contribution in [0.4, 0.5) is 14.5 Å². The van der Waals surface area contributed by atoms with Crippen LogP contribution in [0.3, 0.4) is 0 Å². The molecule has 1 aliphatic rings. The summed E-state index contributed by atoms with van der Waals surface area (Å²) >= 11 is 0. The van der Waals surface area contributed by atoms with Crippen molar-refractivity contribution >= 4 is 16.7 Å². The van der Waals surface area contributed by atoms with Crippen LogP contribution in [0, 0.1) is 18.6 Å². The maximum atomic E-state index is 14.1. The number of nitrogens with zero attached hydrogens (tertiary/aromatic N) is 4. The lowest BCUT2D eigenvalue weighted by molar-refractivity contribution is 0.585. The molecule has 0 unspecified atom stereocenters. The first-order valence-electron chi connectivity index (χ1n) is 7.46. The van der Waals surface area contributed by atoms with Crippen LogP contribution >= 0.6 is 0 Å². The smallest absolute Gasteiger partial charge is 0.163 e. The van der Waals surface area contributed by atoms with E-state index in [2.05, 4.69) is 19.9 Å². The van der Waals surface area contributed by atoms with E-state index in [1.54, 1.807) is 0 Å². The molecular formula is C17H14F2N4. The molecule has 0 aliphatic carbocycles. The Morgan fingerprint density at radius 1 is 1.09 bits per heavy atom. The van der Waals surface area contributed by atoms with Gasteiger partial charge in [0, 0.05) is 30.1 Å². The van der Waals surface area contributed by atoms with Crippen LogP contribution in [-0.4, -0.2) is 28.0 Å². The Morgan fingerprint density at radius 3 is 2.61 bits per heavy atom.